The first-order valence-corrected chi connectivity index (χ1v) is 6.66. The Kier molecular flexibility index (Phi) is 6.11. The number of hydrogen-bond acceptors (Lipinski definition) is 2. The topological polar surface area (TPSA) is 46.3 Å². The van der Waals surface area contributed by atoms with E-state index in [-0.39, 0.29) is 11.9 Å². The molecule has 1 aromatic rings. The van der Waals surface area contributed by atoms with E-state index in [1.807, 2.05) is 31.3 Å². The normalized spacial score (nSPS) is 11.4. The lowest BCUT2D eigenvalue weighted by Crippen LogP contribution is -2.34. The van der Waals surface area contributed by atoms with Crippen LogP contribution in [0, 0.1) is 11.8 Å². The van der Waals surface area contributed by atoms with Crippen molar-refractivity contribution in [3.63, 3.8) is 0 Å². The van der Waals surface area contributed by atoms with Crippen LogP contribution in [0.4, 0.5) is 0 Å². The molecule has 0 aliphatic heterocycles. The van der Waals surface area contributed by atoms with Crippen molar-refractivity contribution in [2.75, 3.05) is 13.6 Å². The maximum atomic E-state index is 12.3. The zero-order chi connectivity index (χ0) is 14.3. The molecule has 0 heterocycles. The summed E-state index contributed by atoms with van der Waals surface area (Å²) in [6.07, 6.45) is 2.08. The molecule has 102 valence electrons. The van der Waals surface area contributed by atoms with Crippen LogP contribution < -0.4 is 5.73 Å². The summed E-state index contributed by atoms with van der Waals surface area (Å²) >= 11 is 0. The van der Waals surface area contributed by atoms with Crippen molar-refractivity contribution < 1.29 is 4.79 Å². The fraction of sp³-hybridized carbons (Fsp3) is 0.438. The van der Waals surface area contributed by atoms with Crippen LogP contribution in [0.5, 0.6) is 0 Å². The second kappa shape index (κ2) is 7.60. The molecular weight excluding hydrogens is 236 g/mol. The van der Waals surface area contributed by atoms with E-state index < -0.39 is 0 Å². The summed E-state index contributed by atoms with van der Waals surface area (Å²) in [6, 6.07) is 7.63. The number of carbonyl (C=O) groups excluding carboxylic acids is 1. The van der Waals surface area contributed by atoms with E-state index in [1.165, 1.54) is 0 Å². The molecule has 3 nitrogen and oxygen atoms in total. The first-order valence-electron chi connectivity index (χ1n) is 6.66. The fourth-order valence-corrected chi connectivity index (χ4v) is 1.90. The third kappa shape index (κ3) is 4.42. The van der Waals surface area contributed by atoms with Crippen molar-refractivity contribution in [2.24, 2.45) is 5.73 Å². The van der Waals surface area contributed by atoms with Crippen molar-refractivity contribution in [3.05, 3.63) is 35.4 Å². The Labute approximate surface area is 115 Å². The summed E-state index contributed by atoms with van der Waals surface area (Å²) in [5, 5.41) is 0. The van der Waals surface area contributed by atoms with Gasteiger partial charge < -0.3 is 10.6 Å². The Hall–Kier alpha value is -1.79. The highest BCUT2D eigenvalue weighted by molar-refractivity contribution is 5.94. The molecule has 1 unspecified atom stereocenters. The summed E-state index contributed by atoms with van der Waals surface area (Å²) in [4.78, 5) is 14.1. The maximum absolute atomic E-state index is 12.3. The second-order valence-corrected chi connectivity index (χ2v) is 4.64. The fourth-order valence-electron chi connectivity index (χ4n) is 1.90. The molecule has 3 heteroatoms. The monoisotopic (exact) mass is 258 g/mol. The number of rotatable bonds is 4. The van der Waals surface area contributed by atoms with E-state index in [0.717, 1.165) is 18.4 Å². The van der Waals surface area contributed by atoms with Crippen LogP contribution >= 0.6 is 0 Å². The van der Waals surface area contributed by atoms with Gasteiger partial charge in [0.15, 0.2) is 0 Å². The van der Waals surface area contributed by atoms with Gasteiger partial charge >= 0.3 is 0 Å². The number of carbonyl (C=O) groups is 1. The van der Waals surface area contributed by atoms with Gasteiger partial charge in [0, 0.05) is 24.2 Å². The lowest BCUT2D eigenvalue weighted by molar-refractivity contribution is 0.0736. The quantitative estimate of drug-likeness (QED) is 0.842. The van der Waals surface area contributed by atoms with E-state index >= 15 is 0 Å². The summed E-state index contributed by atoms with van der Waals surface area (Å²) < 4.78 is 0. The molecule has 0 spiro atoms. The molecule has 1 rings (SSSR count). The predicted molar refractivity (Wildman–Crippen MR) is 78.8 cm³/mol. The number of amides is 1. The lowest BCUT2D eigenvalue weighted by Gasteiger charge is -2.24. The number of nitrogens with two attached hydrogens (primary N) is 1. The van der Waals surface area contributed by atoms with Gasteiger partial charge in [-0.2, -0.15) is 0 Å². The van der Waals surface area contributed by atoms with Crippen LogP contribution in [-0.4, -0.2) is 30.4 Å². The van der Waals surface area contributed by atoms with Gasteiger partial charge in [0.25, 0.3) is 5.91 Å². The van der Waals surface area contributed by atoms with Crippen molar-refractivity contribution in [3.8, 4) is 11.8 Å². The van der Waals surface area contributed by atoms with Crippen LogP contribution in [-0.2, 0) is 0 Å². The van der Waals surface area contributed by atoms with Crippen molar-refractivity contribution in [1.82, 2.24) is 4.90 Å². The van der Waals surface area contributed by atoms with E-state index in [2.05, 4.69) is 25.7 Å². The van der Waals surface area contributed by atoms with Crippen LogP contribution in [0.15, 0.2) is 24.3 Å². The minimum Gasteiger partial charge on any atom is -0.339 e. The summed E-state index contributed by atoms with van der Waals surface area (Å²) in [6.45, 7) is 4.52. The molecular formula is C16H22N2O. The van der Waals surface area contributed by atoms with E-state index in [0.29, 0.717) is 12.1 Å². The van der Waals surface area contributed by atoms with Gasteiger partial charge in [0.05, 0.1) is 6.54 Å². The molecule has 0 saturated carbocycles. The molecule has 0 aliphatic carbocycles. The Balaban J connectivity index is 2.87. The molecule has 0 radical (unpaired) electrons. The third-order valence-electron chi connectivity index (χ3n) is 3.13. The highest BCUT2D eigenvalue weighted by atomic mass is 16.2. The Morgan fingerprint density at radius 3 is 2.84 bits per heavy atom. The van der Waals surface area contributed by atoms with E-state index in [1.54, 1.807) is 4.90 Å². The molecule has 0 saturated heterocycles. The molecule has 0 fully saturated rings. The average molecular weight is 258 g/mol. The highest BCUT2D eigenvalue weighted by Gasteiger charge is 2.16. The molecule has 0 aromatic heterocycles. The highest BCUT2D eigenvalue weighted by Crippen LogP contribution is 2.11. The Bertz CT molecular complexity index is 485. The number of hydrogen-bond donors (Lipinski definition) is 1. The summed E-state index contributed by atoms with van der Waals surface area (Å²) in [5.41, 5.74) is 6.85. The average Bonchev–Trinajstić information content (AvgIpc) is 2.44. The van der Waals surface area contributed by atoms with Crippen LogP contribution in [0.1, 0.15) is 42.6 Å². The molecule has 0 aliphatic rings. The molecule has 1 atom stereocenters. The molecule has 2 N–H and O–H groups in total. The van der Waals surface area contributed by atoms with Gasteiger partial charge in [-0.15, -0.1) is 0 Å². The molecule has 0 bridgehead atoms. The minimum absolute atomic E-state index is 0.0392. The van der Waals surface area contributed by atoms with E-state index in [9.17, 15) is 4.79 Å². The van der Waals surface area contributed by atoms with Gasteiger partial charge in [-0.25, -0.2) is 0 Å². The second-order valence-electron chi connectivity index (χ2n) is 4.64. The zero-order valence-corrected chi connectivity index (χ0v) is 11.9. The van der Waals surface area contributed by atoms with Gasteiger partial charge in [0.2, 0.25) is 0 Å². The summed E-state index contributed by atoms with van der Waals surface area (Å²) in [7, 11) is 1.85. The molecule has 1 aromatic carbocycles. The Morgan fingerprint density at radius 2 is 2.21 bits per heavy atom. The molecule has 1 amide bonds. The lowest BCUT2D eigenvalue weighted by atomic mass is 10.1. The third-order valence-corrected chi connectivity index (χ3v) is 3.13. The first-order chi connectivity index (χ1) is 9.10. The largest absolute Gasteiger partial charge is 0.339 e. The Morgan fingerprint density at radius 1 is 1.47 bits per heavy atom. The predicted octanol–water partition coefficient (Wildman–Crippen LogP) is 2.26. The molecule has 19 heavy (non-hydrogen) atoms. The standard InChI is InChI=1S/C16H22N2O/c1-4-7-13(2)18(3)16(19)15-10-5-8-14(12-15)9-6-11-17/h5,8,10,12-13H,4,7,11,17H2,1-3H3. The van der Waals surface area contributed by atoms with Crippen molar-refractivity contribution in [2.45, 2.75) is 32.7 Å². The van der Waals surface area contributed by atoms with Crippen LogP contribution in [0.3, 0.4) is 0 Å². The van der Waals surface area contributed by atoms with E-state index in [4.69, 9.17) is 5.73 Å². The van der Waals surface area contributed by atoms with Crippen LogP contribution in [0.25, 0.3) is 0 Å². The number of benzene rings is 1. The SMILES string of the molecule is CCCC(C)N(C)C(=O)c1cccc(C#CCN)c1. The van der Waals surface area contributed by atoms with Crippen molar-refractivity contribution in [1.29, 1.82) is 0 Å². The van der Waals surface area contributed by atoms with Gasteiger partial charge in [-0.1, -0.05) is 31.3 Å². The van der Waals surface area contributed by atoms with Crippen molar-refractivity contribution >= 4 is 5.91 Å². The smallest absolute Gasteiger partial charge is 0.253 e. The van der Waals surface area contributed by atoms with Crippen LogP contribution in [0.2, 0.25) is 0 Å². The minimum atomic E-state index is 0.0392. The van der Waals surface area contributed by atoms with Gasteiger partial charge in [-0.05, 0) is 31.5 Å². The van der Waals surface area contributed by atoms with Gasteiger partial charge in [0.1, 0.15) is 0 Å². The van der Waals surface area contributed by atoms with Gasteiger partial charge in [-0.3, -0.25) is 4.79 Å². The first kappa shape index (κ1) is 15.3. The number of nitrogens with zero attached hydrogens (tertiary/aromatic N) is 1. The zero-order valence-electron chi connectivity index (χ0n) is 11.9. The summed E-state index contributed by atoms with van der Waals surface area (Å²) in [5.74, 6) is 5.78. The maximum Gasteiger partial charge on any atom is 0.253 e.